The van der Waals surface area contributed by atoms with Gasteiger partial charge in [0.15, 0.2) is 5.82 Å². The molecule has 9 heteroatoms. The molecule has 0 aliphatic rings. The molecule has 3 aromatic heterocycles. The lowest BCUT2D eigenvalue weighted by atomic mass is 10.0. The lowest BCUT2D eigenvalue weighted by Gasteiger charge is -2.09. The predicted octanol–water partition coefficient (Wildman–Crippen LogP) is 4.02. The van der Waals surface area contributed by atoms with Gasteiger partial charge < -0.3 is 5.32 Å². The van der Waals surface area contributed by atoms with E-state index in [4.69, 9.17) is 16.9 Å². The van der Waals surface area contributed by atoms with Gasteiger partial charge in [-0.15, -0.1) is 0 Å². The van der Waals surface area contributed by atoms with Crippen molar-refractivity contribution in [3.05, 3.63) is 77.1 Å². The number of nitrogens with one attached hydrogen (secondary N) is 1. The van der Waals surface area contributed by atoms with Gasteiger partial charge in [-0.3, -0.25) is 19.4 Å². The molecule has 0 aliphatic carbocycles. The zero-order chi connectivity index (χ0) is 22.0. The second-order valence-corrected chi connectivity index (χ2v) is 7.22. The fraction of sp³-hybridized carbons (Fsp3) is 0.0909. The third kappa shape index (κ3) is 4.13. The van der Waals surface area contributed by atoms with Gasteiger partial charge in [-0.05, 0) is 30.2 Å². The van der Waals surface area contributed by atoms with Crippen LogP contribution < -0.4 is 5.32 Å². The Bertz CT molecular complexity index is 1320. The number of carbonyl (C=O) groups excluding carboxylic acids is 1. The summed E-state index contributed by atoms with van der Waals surface area (Å²) in [6.07, 6.45) is 9.52. The minimum atomic E-state index is -0.416. The Hall–Kier alpha value is -4.09. The van der Waals surface area contributed by atoms with E-state index in [1.165, 1.54) is 18.6 Å². The highest BCUT2D eigenvalue weighted by Crippen LogP contribution is 2.31. The molecule has 3 heterocycles. The van der Waals surface area contributed by atoms with Crippen molar-refractivity contribution in [1.82, 2.24) is 24.7 Å². The van der Waals surface area contributed by atoms with Gasteiger partial charge in [0.2, 0.25) is 0 Å². The first-order chi connectivity index (χ1) is 15.0. The molecule has 4 rings (SSSR count). The molecule has 152 valence electrons. The van der Waals surface area contributed by atoms with Crippen LogP contribution in [0.25, 0.3) is 22.4 Å². The summed E-state index contributed by atoms with van der Waals surface area (Å²) in [5.74, 6) is -0.143. The van der Waals surface area contributed by atoms with Crippen LogP contribution in [0.5, 0.6) is 0 Å². The topological polar surface area (TPSA) is 109 Å². The molecule has 0 radical (unpaired) electrons. The van der Waals surface area contributed by atoms with Crippen LogP contribution in [0.2, 0.25) is 5.02 Å². The third-order valence-electron chi connectivity index (χ3n) is 4.75. The highest BCUT2D eigenvalue weighted by molar-refractivity contribution is 6.33. The van der Waals surface area contributed by atoms with E-state index in [1.54, 1.807) is 30.1 Å². The molecule has 0 saturated heterocycles. The molecular formula is C22H16ClN7O. The molecule has 0 bridgehead atoms. The van der Waals surface area contributed by atoms with E-state index in [2.05, 4.69) is 25.4 Å². The van der Waals surface area contributed by atoms with Gasteiger partial charge in [0.05, 0.1) is 40.4 Å². The Balaban J connectivity index is 1.58. The van der Waals surface area contributed by atoms with Crippen LogP contribution in [0, 0.1) is 18.3 Å². The molecule has 1 aromatic carbocycles. The maximum absolute atomic E-state index is 12.6. The van der Waals surface area contributed by atoms with Gasteiger partial charge in [-0.2, -0.15) is 10.4 Å². The molecule has 0 unspecified atom stereocenters. The number of amides is 1. The quantitative estimate of drug-likeness (QED) is 0.524. The zero-order valence-corrected chi connectivity index (χ0v) is 17.4. The number of hydrogen-bond acceptors (Lipinski definition) is 6. The number of rotatable bonds is 4. The fourth-order valence-corrected chi connectivity index (χ4v) is 3.27. The van der Waals surface area contributed by atoms with Crippen molar-refractivity contribution in [2.24, 2.45) is 7.05 Å². The van der Waals surface area contributed by atoms with Crippen LogP contribution in [0.1, 0.15) is 21.5 Å². The number of anilines is 1. The van der Waals surface area contributed by atoms with Gasteiger partial charge in [0, 0.05) is 36.8 Å². The molecule has 0 spiro atoms. The number of carbonyl (C=O) groups is 1. The minimum Gasteiger partial charge on any atom is -0.305 e. The first-order valence-electron chi connectivity index (χ1n) is 9.23. The van der Waals surface area contributed by atoms with E-state index in [1.807, 2.05) is 31.4 Å². The van der Waals surface area contributed by atoms with E-state index in [9.17, 15) is 4.79 Å². The van der Waals surface area contributed by atoms with Crippen LogP contribution in [0.4, 0.5) is 5.82 Å². The minimum absolute atomic E-state index is 0.273. The Kier molecular flexibility index (Phi) is 5.43. The zero-order valence-electron chi connectivity index (χ0n) is 16.7. The van der Waals surface area contributed by atoms with Gasteiger partial charge in [-0.1, -0.05) is 17.7 Å². The van der Waals surface area contributed by atoms with Crippen LogP contribution in [0.3, 0.4) is 0 Å². The van der Waals surface area contributed by atoms with Crippen molar-refractivity contribution in [3.8, 4) is 28.5 Å². The summed E-state index contributed by atoms with van der Waals surface area (Å²) in [5, 5.41) is 16.5. The van der Waals surface area contributed by atoms with Gasteiger partial charge in [0.1, 0.15) is 6.07 Å². The number of pyridine rings is 1. The van der Waals surface area contributed by atoms with Gasteiger partial charge in [0.25, 0.3) is 5.91 Å². The van der Waals surface area contributed by atoms with Crippen molar-refractivity contribution >= 4 is 23.3 Å². The lowest BCUT2D eigenvalue weighted by Crippen LogP contribution is -2.15. The van der Waals surface area contributed by atoms with Crippen molar-refractivity contribution in [2.75, 3.05) is 5.32 Å². The van der Waals surface area contributed by atoms with Crippen LogP contribution in [-0.4, -0.2) is 30.6 Å². The second-order valence-electron chi connectivity index (χ2n) is 6.81. The van der Waals surface area contributed by atoms with Crippen LogP contribution in [0.15, 0.2) is 55.4 Å². The Morgan fingerprint density at radius 3 is 2.65 bits per heavy atom. The van der Waals surface area contributed by atoms with Crippen molar-refractivity contribution < 1.29 is 4.79 Å². The Labute approximate surface area is 183 Å². The monoisotopic (exact) mass is 429 g/mol. The van der Waals surface area contributed by atoms with Gasteiger partial charge >= 0.3 is 0 Å². The smallest absolute Gasteiger partial charge is 0.258 e. The first kappa shape index (κ1) is 20.2. The Morgan fingerprint density at radius 1 is 1.13 bits per heavy atom. The molecule has 1 N–H and O–H groups in total. The molecule has 4 aromatic rings. The summed E-state index contributed by atoms with van der Waals surface area (Å²) < 4.78 is 1.73. The molecule has 0 fully saturated rings. The van der Waals surface area contributed by atoms with E-state index in [-0.39, 0.29) is 5.82 Å². The summed E-state index contributed by atoms with van der Waals surface area (Å²) in [4.78, 5) is 25.2. The number of nitrogens with zero attached hydrogens (tertiary/aromatic N) is 6. The number of aryl methyl sites for hydroxylation is 1. The second kappa shape index (κ2) is 8.34. The summed E-state index contributed by atoms with van der Waals surface area (Å²) in [5.41, 5.74) is 4.40. The molecule has 0 atom stereocenters. The maximum Gasteiger partial charge on any atom is 0.258 e. The van der Waals surface area contributed by atoms with E-state index in [0.29, 0.717) is 27.4 Å². The SMILES string of the molecule is Cc1c(C#N)cncc1C(=O)Nc1cnc(-c2cc(-c3cnn(C)c3)ccc2Cl)cn1. The summed E-state index contributed by atoms with van der Waals surface area (Å²) >= 11 is 6.38. The van der Waals surface area contributed by atoms with E-state index in [0.717, 1.165) is 16.7 Å². The molecule has 8 nitrogen and oxygen atoms in total. The number of aromatic nitrogens is 5. The molecule has 1 amide bonds. The van der Waals surface area contributed by atoms with Crippen molar-refractivity contribution in [2.45, 2.75) is 6.92 Å². The number of halogens is 1. The average Bonchev–Trinajstić information content (AvgIpc) is 3.21. The third-order valence-corrected chi connectivity index (χ3v) is 5.08. The maximum atomic E-state index is 12.6. The van der Waals surface area contributed by atoms with Crippen molar-refractivity contribution in [1.29, 1.82) is 5.26 Å². The Morgan fingerprint density at radius 2 is 1.97 bits per heavy atom. The van der Waals surface area contributed by atoms with Crippen LogP contribution >= 0.6 is 11.6 Å². The largest absolute Gasteiger partial charge is 0.305 e. The molecular weight excluding hydrogens is 414 g/mol. The number of hydrogen-bond donors (Lipinski definition) is 1. The molecule has 31 heavy (non-hydrogen) atoms. The number of benzene rings is 1. The standard InChI is InChI=1S/C22H16ClN7O/c1-13-15(6-24)7-25-9-18(13)22(31)29-21-11-26-20(10-27-21)17-5-14(3-4-19(17)23)16-8-28-30(2)12-16/h3-5,7-12H,1-2H3,(H,27,29,31). The average molecular weight is 430 g/mol. The summed E-state index contributed by atoms with van der Waals surface area (Å²) in [6.45, 7) is 1.70. The normalized spacial score (nSPS) is 10.5. The lowest BCUT2D eigenvalue weighted by molar-refractivity contribution is 0.102. The van der Waals surface area contributed by atoms with Crippen molar-refractivity contribution in [3.63, 3.8) is 0 Å². The van der Waals surface area contributed by atoms with E-state index < -0.39 is 5.91 Å². The fourth-order valence-electron chi connectivity index (χ4n) is 3.05. The predicted molar refractivity (Wildman–Crippen MR) is 116 cm³/mol. The number of nitriles is 1. The van der Waals surface area contributed by atoms with E-state index >= 15 is 0 Å². The van der Waals surface area contributed by atoms with Crippen LogP contribution in [-0.2, 0) is 7.05 Å². The molecule has 0 saturated carbocycles. The molecule has 0 aliphatic heterocycles. The summed E-state index contributed by atoms with van der Waals surface area (Å²) in [6, 6.07) is 7.65. The highest BCUT2D eigenvalue weighted by Gasteiger charge is 2.14. The highest BCUT2D eigenvalue weighted by atomic mass is 35.5. The first-order valence-corrected chi connectivity index (χ1v) is 9.61. The van der Waals surface area contributed by atoms with Gasteiger partial charge in [-0.25, -0.2) is 4.98 Å². The summed E-state index contributed by atoms with van der Waals surface area (Å²) in [7, 11) is 1.85.